The molecule has 0 atom stereocenters. The zero-order valence-corrected chi connectivity index (χ0v) is 11.4. The van der Waals surface area contributed by atoms with Gasteiger partial charge in [-0.1, -0.05) is 42.8 Å². The van der Waals surface area contributed by atoms with E-state index in [1.54, 1.807) is 12.1 Å². The number of anilines is 1. The predicted octanol–water partition coefficient (Wildman–Crippen LogP) is 3.78. The summed E-state index contributed by atoms with van der Waals surface area (Å²) in [6, 6.07) is 13.6. The molecule has 1 aromatic heterocycles. The summed E-state index contributed by atoms with van der Waals surface area (Å²) in [5.74, 6) is 0.620. The molecular weight excluding hydrogens is 258 g/mol. The van der Waals surface area contributed by atoms with Crippen molar-refractivity contribution < 1.29 is 0 Å². The molecule has 0 aliphatic heterocycles. The first-order chi connectivity index (χ1) is 9.22. The highest BCUT2D eigenvalue weighted by atomic mass is 35.5. The van der Waals surface area contributed by atoms with Crippen LogP contribution in [-0.4, -0.2) is 4.98 Å². The van der Waals surface area contributed by atoms with Gasteiger partial charge in [0.05, 0.1) is 11.6 Å². The van der Waals surface area contributed by atoms with Crippen molar-refractivity contribution in [3.8, 4) is 6.07 Å². The highest BCUT2D eigenvalue weighted by Gasteiger charge is 2.03. The highest BCUT2D eigenvalue weighted by molar-refractivity contribution is 6.29. The van der Waals surface area contributed by atoms with Gasteiger partial charge < -0.3 is 5.32 Å². The molecule has 1 aromatic carbocycles. The maximum Gasteiger partial charge on any atom is 0.132 e. The van der Waals surface area contributed by atoms with E-state index in [1.165, 1.54) is 11.1 Å². The third kappa shape index (κ3) is 3.46. The van der Waals surface area contributed by atoms with E-state index >= 15 is 0 Å². The molecule has 0 radical (unpaired) electrons. The van der Waals surface area contributed by atoms with Gasteiger partial charge in [0.15, 0.2) is 0 Å². The Morgan fingerprint density at radius 3 is 2.68 bits per heavy atom. The summed E-state index contributed by atoms with van der Waals surface area (Å²) in [7, 11) is 0. The van der Waals surface area contributed by atoms with E-state index < -0.39 is 0 Å². The second-order valence-corrected chi connectivity index (χ2v) is 4.54. The molecule has 4 heteroatoms. The number of hydrogen-bond acceptors (Lipinski definition) is 3. The largest absolute Gasteiger partial charge is 0.366 e. The number of aryl methyl sites for hydroxylation is 1. The Labute approximate surface area is 117 Å². The van der Waals surface area contributed by atoms with E-state index in [0.717, 1.165) is 6.42 Å². The molecule has 0 saturated carbocycles. The third-order valence-corrected chi connectivity index (χ3v) is 3.08. The molecule has 0 bridgehead atoms. The topological polar surface area (TPSA) is 48.7 Å². The lowest BCUT2D eigenvalue weighted by Gasteiger charge is -2.10. The van der Waals surface area contributed by atoms with Crippen LogP contribution in [0.2, 0.25) is 5.15 Å². The number of nitrogens with one attached hydrogen (secondary N) is 1. The summed E-state index contributed by atoms with van der Waals surface area (Å²) in [6.07, 6.45) is 0.990. The van der Waals surface area contributed by atoms with Gasteiger partial charge in [-0.15, -0.1) is 0 Å². The molecule has 96 valence electrons. The van der Waals surface area contributed by atoms with Crippen LogP contribution in [0.25, 0.3) is 0 Å². The van der Waals surface area contributed by atoms with Gasteiger partial charge in [-0.2, -0.15) is 5.26 Å². The average molecular weight is 272 g/mol. The Hall–Kier alpha value is -2.05. The van der Waals surface area contributed by atoms with Crippen LogP contribution in [0, 0.1) is 11.3 Å². The molecule has 1 heterocycles. The van der Waals surface area contributed by atoms with Gasteiger partial charge in [-0.05, 0) is 29.7 Å². The fourth-order valence-electron chi connectivity index (χ4n) is 1.91. The molecular formula is C15H14ClN3. The molecule has 0 saturated heterocycles. The van der Waals surface area contributed by atoms with Crippen LogP contribution >= 0.6 is 11.6 Å². The summed E-state index contributed by atoms with van der Waals surface area (Å²) >= 11 is 5.87. The standard InChI is InChI=1S/C15H14ClN3/c1-2-12-5-3-4-6-13(12)10-18-15-8-11(9-17)7-14(16)19-15/h3-8H,2,10H2,1H3,(H,18,19). The van der Waals surface area contributed by atoms with Gasteiger partial charge in [-0.25, -0.2) is 4.98 Å². The zero-order chi connectivity index (χ0) is 13.7. The summed E-state index contributed by atoms with van der Waals surface area (Å²) in [6.45, 7) is 2.80. The molecule has 0 aliphatic rings. The van der Waals surface area contributed by atoms with Gasteiger partial charge in [0.1, 0.15) is 11.0 Å². The minimum atomic E-state index is 0.324. The van der Waals surface area contributed by atoms with Crippen LogP contribution in [0.1, 0.15) is 23.6 Å². The van der Waals surface area contributed by atoms with Crippen molar-refractivity contribution in [1.29, 1.82) is 5.26 Å². The highest BCUT2D eigenvalue weighted by Crippen LogP contribution is 2.16. The van der Waals surface area contributed by atoms with Crippen LogP contribution in [0.4, 0.5) is 5.82 Å². The first-order valence-electron chi connectivity index (χ1n) is 6.11. The molecule has 0 amide bonds. The zero-order valence-electron chi connectivity index (χ0n) is 10.7. The van der Waals surface area contributed by atoms with Gasteiger partial charge in [0.25, 0.3) is 0 Å². The number of pyridine rings is 1. The van der Waals surface area contributed by atoms with Crippen molar-refractivity contribution in [2.24, 2.45) is 0 Å². The molecule has 0 spiro atoms. The SMILES string of the molecule is CCc1ccccc1CNc1cc(C#N)cc(Cl)n1. The van der Waals surface area contributed by atoms with Crippen molar-refractivity contribution in [3.63, 3.8) is 0 Å². The number of nitrogens with zero attached hydrogens (tertiary/aromatic N) is 2. The minimum absolute atomic E-state index is 0.324. The summed E-state index contributed by atoms with van der Waals surface area (Å²) in [5, 5.41) is 12.4. The number of nitriles is 1. The van der Waals surface area contributed by atoms with E-state index in [-0.39, 0.29) is 0 Å². The molecule has 2 rings (SSSR count). The summed E-state index contributed by atoms with van der Waals surface area (Å²) in [5.41, 5.74) is 3.04. The summed E-state index contributed by atoms with van der Waals surface area (Å²) < 4.78 is 0. The quantitative estimate of drug-likeness (QED) is 0.861. The lowest BCUT2D eigenvalue weighted by molar-refractivity contribution is 1.03. The molecule has 0 aliphatic carbocycles. The van der Waals surface area contributed by atoms with E-state index in [0.29, 0.717) is 23.1 Å². The molecule has 0 fully saturated rings. The van der Waals surface area contributed by atoms with E-state index in [9.17, 15) is 0 Å². The van der Waals surface area contributed by atoms with Crippen molar-refractivity contribution >= 4 is 17.4 Å². The minimum Gasteiger partial charge on any atom is -0.366 e. The van der Waals surface area contributed by atoms with Gasteiger partial charge in [0.2, 0.25) is 0 Å². The maximum atomic E-state index is 8.89. The molecule has 2 aromatic rings. The monoisotopic (exact) mass is 271 g/mol. The van der Waals surface area contributed by atoms with Crippen LogP contribution in [0.5, 0.6) is 0 Å². The van der Waals surface area contributed by atoms with Crippen molar-refractivity contribution in [3.05, 3.63) is 58.2 Å². The first-order valence-corrected chi connectivity index (χ1v) is 6.49. The first kappa shape index (κ1) is 13.4. The van der Waals surface area contributed by atoms with Crippen molar-refractivity contribution in [1.82, 2.24) is 4.98 Å². The molecule has 1 N–H and O–H groups in total. The van der Waals surface area contributed by atoms with Crippen LogP contribution in [-0.2, 0) is 13.0 Å². The third-order valence-electron chi connectivity index (χ3n) is 2.88. The van der Waals surface area contributed by atoms with Gasteiger partial charge in [0, 0.05) is 6.54 Å². The van der Waals surface area contributed by atoms with Crippen LogP contribution in [0.15, 0.2) is 36.4 Å². The maximum absolute atomic E-state index is 8.89. The summed E-state index contributed by atoms with van der Waals surface area (Å²) in [4.78, 5) is 4.16. The Kier molecular flexibility index (Phi) is 4.38. The lowest BCUT2D eigenvalue weighted by atomic mass is 10.1. The van der Waals surface area contributed by atoms with E-state index in [2.05, 4.69) is 35.4 Å². The Morgan fingerprint density at radius 1 is 1.26 bits per heavy atom. The Bertz CT molecular complexity index is 617. The fraction of sp³-hybridized carbons (Fsp3) is 0.200. The molecule has 19 heavy (non-hydrogen) atoms. The Balaban J connectivity index is 2.15. The number of aromatic nitrogens is 1. The Morgan fingerprint density at radius 2 is 2.00 bits per heavy atom. The number of benzene rings is 1. The number of hydrogen-bond donors (Lipinski definition) is 1. The van der Waals surface area contributed by atoms with Crippen LogP contribution < -0.4 is 5.32 Å². The normalized spacial score (nSPS) is 9.95. The van der Waals surface area contributed by atoms with E-state index in [1.807, 2.05) is 12.1 Å². The van der Waals surface area contributed by atoms with E-state index in [4.69, 9.17) is 16.9 Å². The molecule has 0 unspecified atom stereocenters. The second kappa shape index (κ2) is 6.21. The fourth-order valence-corrected chi connectivity index (χ4v) is 2.12. The average Bonchev–Trinajstić information content (AvgIpc) is 2.44. The van der Waals surface area contributed by atoms with Crippen molar-refractivity contribution in [2.75, 3.05) is 5.32 Å². The predicted molar refractivity (Wildman–Crippen MR) is 77.1 cm³/mol. The van der Waals surface area contributed by atoms with Crippen LogP contribution in [0.3, 0.4) is 0 Å². The smallest absolute Gasteiger partial charge is 0.132 e. The molecule has 3 nitrogen and oxygen atoms in total. The number of rotatable bonds is 4. The second-order valence-electron chi connectivity index (χ2n) is 4.15. The van der Waals surface area contributed by atoms with Gasteiger partial charge in [-0.3, -0.25) is 0 Å². The van der Waals surface area contributed by atoms with Crippen molar-refractivity contribution in [2.45, 2.75) is 19.9 Å². The van der Waals surface area contributed by atoms with Gasteiger partial charge >= 0.3 is 0 Å². The number of halogens is 1. The lowest BCUT2D eigenvalue weighted by Crippen LogP contribution is -2.04.